The van der Waals surface area contributed by atoms with Crippen LogP contribution in [0.5, 0.6) is 5.75 Å². The van der Waals surface area contributed by atoms with Gasteiger partial charge in [0.05, 0.1) is 24.5 Å². The molecular formula is C25H24N4O4S. The highest BCUT2D eigenvalue weighted by molar-refractivity contribution is 7.90. The molecule has 2 aromatic heterocycles. The van der Waals surface area contributed by atoms with Crippen molar-refractivity contribution >= 4 is 26.8 Å². The highest BCUT2D eigenvalue weighted by Gasteiger charge is 2.26. The van der Waals surface area contributed by atoms with Crippen molar-refractivity contribution in [3.05, 3.63) is 78.4 Å². The molecule has 1 N–H and O–H groups in total. The molecule has 0 unspecified atom stereocenters. The van der Waals surface area contributed by atoms with Crippen molar-refractivity contribution in [2.75, 3.05) is 7.11 Å². The molecule has 0 bridgehead atoms. The lowest BCUT2D eigenvalue weighted by molar-refractivity contribution is 0.0977. The Morgan fingerprint density at radius 2 is 1.82 bits per heavy atom. The van der Waals surface area contributed by atoms with E-state index in [0.29, 0.717) is 11.2 Å². The summed E-state index contributed by atoms with van der Waals surface area (Å²) >= 11 is 0. The van der Waals surface area contributed by atoms with Gasteiger partial charge in [-0.05, 0) is 41.3 Å². The van der Waals surface area contributed by atoms with Gasteiger partial charge in [0.2, 0.25) is 0 Å². The average Bonchev–Trinajstić information content (AvgIpc) is 2.82. The number of ether oxygens (including phenoxy) is 1. The molecule has 0 saturated carbocycles. The predicted molar refractivity (Wildman–Crippen MR) is 129 cm³/mol. The normalized spacial score (nSPS) is 11.9. The topological polar surface area (TPSA) is 111 Å². The van der Waals surface area contributed by atoms with Crippen LogP contribution in [0.3, 0.4) is 0 Å². The number of amides is 1. The van der Waals surface area contributed by atoms with E-state index in [4.69, 9.17) is 4.74 Å². The zero-order chi connectivity index (χ0) is 24.5. The highest BCUT2D eigenvalue weighted by atomic mass is 32.2. The molecule has 0 fully saturated rings. The Bertz CT molecular complexity index is 1480. The van der Waals surface area contributed by atoms with Crippen LogP contribution in [0.25, 0.3) is 22.2 Å². The molecule has 34 heavy (non-hydrogen) atoms. The number of hydrogen-bond acceptors (Lipinski definition) is 7. The summed E-state index contributed by atoms with van der Waals surface area (Å²) in [6.07, 6.45) is 4.82. The minimum absolute atomic E-state index is 0.0293. The number of carbonyl (C=O) groups excluding carboxylic acids is 1. The molecule has 2 aromatic carbocycles. The Balaban J connectivity index is 1.68. The lowest BCUT2D eigenvalue weighted by atomic mass is 9.87. The van der Waals surface area contributed by atoms with Crippen molar-refractivity contribution in [2.45, 2.75) is 31.1 Å². The number of benzene rings is 2. The van der Waals surface area contributed by atoms with E-state index in [2.05, 4.69) is 19.7 Å². The van der Waals surface area contributed by atoms with Crippen LogP contribution in [0.15, 0.2) is 72.0 Å². The fourth-order valence-electron chi connectivity index (χ4n) is 3.53. The van der Waals surface area contributed by atoms with Gasteiger partial charge in [0.1, 0.15) is 16.3 Å². The van der Waals surface area contributed by atoms with Crippen LogP contribution >= 0.6 is 0 Å². The van der Waals surface area contributed by atoms with Crippen LogP contribution in [-0.2, 0) is 15.4 Å². The predicted octanol–water partition coefficient (Wildman–Crippen LogP) is 4.12. The summed E-state index contributed by atoms with van der Waals surface area (Å²) in [5, 5.41) is 0.766. The van der Waals surface area contributed by atoms with Gasteiger partial charge in [-0.1, -0.05) is 39.0 Å². The van der Waals surface area contributed by atoms with E-state index in [1.165, 1.54) is 19.2 Å². The molecule has 174 valence electrons. The maximum Gasteiger partial charge on any atom is 0.283 e. The average molecular weight is 477 g/mol. The maximum absolute atomic E-state index is 13.1. The molecule has 0 aliphatic heterocycles. The van der Waals surface area contributed by atoms with Crippen molar-refractivity contribution < 1.29 is 17.9 Å². The molecule has 0 radical (unpaired) electrons. The van der Waals surface area contributed by atoms with Gasteiger partial charge in [-0.25, -0.2) is 18.1 Å². The quantitative estimate of drug-likeness (QED) is 0.461. The summed E-state index contributed by atoms with van der Waals surface area (Å²) in [5.74, 6) is -0.691. The van der Waals surface area contributed by atoms with Gasteiger partial charge < -0.3 is 4.74 Å². The molecule has 4 aromatic rings. The molecule has 9 heteroatoms. The lowest BCUT2D eigenvalue weighted by Crippen LogP contribution is -2.31. The molecule has 2 heterocycles. The van der Waals surface area contributed by atoms with E-state index in [1.54, 1.807) is 48.9 Å². The van der Waals surface area contributed by atoms with Gasteiger partial charge in [0, 0.05) is 23.3 Å². The first-order valence-electron chi connectivity index (χ1n) is 10.5. The summed E-state index contributed by atoms with van der Waals surface area (Å²) in [7, 11) is -2.84. The molecule has 4 rings (SSSR count). The van der Waals surface area contributed by atoms with Crippen LogP contribution < -0.4 is 9.46 Å². The summed E-state index contributed by atoms with van der Waals surface area (Å²) in [4.78, 5) is 25.6. The number of methoxy groups -OCH3 is 1. The summed E-state index contributed by atoms with van der Waals surface area (Å²) < 4.78 is 33.6. The monoisotopic (exact) mass is 476 g/mol. The molecule has 0 atom stereocenters. The van der Waals surface area contributed by atoms with Gasteiger partial charge in [0.25, 0.3) is 15.9 Å². The number of hydrogen-bond donors (Lipinski definition) is 1. The van der Waals surface area contributed by atoms with Crippen molar-refractivity contribution in [3.63, 3.8) is 0 Å². The summed E-state index contributed by atoms with van der Waals surface area (Å²) in [6.45, 7) is 5.91. The number of nitrogens with zero attached hydrogens (tertiary/aromatic N) is 3. The molecule has 0 spiro atoms. The van der Waals surface area contributed by atoms with Crippen LogP contribution in [0.2, 0.25) is 0 Å². The molecule has 8 nitrogen and oxygen atoms in total. The third-order valence-electron chi connectivity index (χ3n) is 5.35. The minimum Gasteiger partial charge on any atom is -0.495 e. The molecular weight excluding hydrogens is 452 g/mol. The fraction of sp³-hybridized carbons (Fsp3) is 0.200. The van der Waals surface area contributed by atoms with Crippen LogP contribution in [0, 0.1) is 0 Å². The molecule has 0 aliphatic rings. The largest absolute Gasteiger partial charge is 0.495 e. The van der Waals surface area contributed by atoms with Crippen LogP contribution in [0.1, 0.15) is 36.8 Å². The lowest BCUT2D eigenvalue weighted by Gasteiger charge is -2.21. The Labute approximate surface area is 198 Å². The first kappa shape index (κ1) is 23.3. The van der Waals surface area contributed by atoms with E-state index in [0.717, 1.165) is 16.5 Å². The van der Waals surface area contributed by atoms with Crippen molar-refractivity contribution in [1.29, 1.82) is 0 Å². The smallest absolute Gasteiger partial charge is 0.283 e. The van der Waals surface area contributed by atoms with Gasteiger partial charge >= 0.3 is 0 Å². The molecule has 1 amide bonds. The summed E-state index contributed by atoms with van der Waals surface area (Å²) in [6, 6.07) is 13.5. The fourth-order valence-corrected chi connectivity index (χ4v) is 4.68. The first-order chi connectivity index (χ1) is 16.1. The number of rotatable bonds is 5. The number of nitrogens with one attached hydrogen (secondary N) is 1. The Morgan fingerprint density at radius 1 is 1.03 bits per heavy atom. The van der Waals surface area contributed by atoms with E-state index in [-0.39, 0.29) is 21.8 Å². The third-order valence-corrected chi connectivity index (χ3v) is 6.70. The van der Waals surface area contributed by atoms with Gasteiger partial charge in [0.15, 0.2) is 0 Å². The first-order valence-corrected chi connectivity index (χ1v) is 12.0. The Hall–Kier alpha value is -3.85. The number of pyridine rings is 1. The number of carbonyl (C=O) groups is 1. The number of aromatic nitrogens is 3. The van der Waals surface area contributed by atoms with E-state index < -0.39 is 15.9 Å². The van der Waals surface area contributed by atoms with Crippen LogP contribution in [0.4, 0.5) is 0 Å². The van der Waals surface area contributed by atoms with Crippen LogP contribution in [-0.4, -0.2) is 36.4 Å². The Morgan fingerprint density at radius 3 is 2.50 bits per heavy atom. The zero-order valence-corrected chi connectivity index (χ0v) is 20.1. The minimum atomic E-state index is -4.22. The van der Waals surface area contributed by atoms with Gasteiger partial charge in [-0.2, -0.15) is 0 Å². The van der Waals surface area contributed by atoms with Gasteiger partial charge in [-0.15, -0.1) is 0 Å². The van der Waals surface area contributed by atoms with Crippen molar-refractivity contribution in [3.8, 4) is 17.0 Å². The number of sulfonamides is 1. The third kappa shape index (κ3) is 4.60. The Kier molecular flexibility index (Phi) is 6.05. The second-order valence-electron chi connectivity index (χ2n) is 8.71. The molecule has 0 saturated heterocycles. The molecule has 0 aliphatic carbocycles. The van der Waals surface area contributed by atoms with E-state index in [9.17, 15) is 13.2 Å². The highest BCUT2D eigenvalue weighted by Crippen LogP contribution is 2.31. The van der Waals surface area contributed by atoms with Crippen molar-refractivity contribution in [1.82, 2.24) is 19.7 Å². The van der Waals surface area contributed by atoms with E-state index in [1.807, 2.05) is 26.8 Å². The second kappa shape index (κ2) is 8.83. The van der Waals surface area contributed by atoms with Gasteiger partial charge in [-0.3, -0.25) is 14.8 Å². The SMILES string of the molecule is COc1ccc(C(C)(C)C)cc1S(=O)(=O)NC(=O)c1ccc2c(-c3cnccn3)cccc2n1. The van der Waals surface area contributed by atoms with E-state index >= 15 is 0 Å². The zero-order valence-electron chi connectivity index (χ0n) is 19.2. The number of fused-ring (bicyclic) bond motifs is 1. The standard InChI is InChI=1S/C25H24N4O4S/c1-25(2,3)16-8-11-22(33-4)23(14-16)34(31,32)29-24(30)20-10-9-18-17(6-5-7-19(18)28-20)21-15-26-12-13-27-21/h5-15H,1-4H3,(H,29,30). The second-order valence-corrected chi connectivity index (χ2v) is 10.4. The summed E-state index contributed by atoms with van der Waals surface area (Å²) in [5.41, 5.74) is 2.48. The maximum atomic E-state index is 13.1. The van der Waals surface area contributed by atoms with Crippen molar-refractivity contribution in [2.24, 2.45) is 0 Å².